The van der Waals surface area contributed by atoms with Gasteiger partial charge in [-0.3, -0.25) is 4.79 Å². The first-order valence-electron chi connectivity index (χ1n) is 6.95. The highest BCUT2D eigenvalue weighted by molar-refractivity contribution is 9.11. The van der Waals surface area contributed by atoms with E-state index in [1.165, 1.54) is 0 Å². The molecule has 1 amide bonds. The van der Waals surface area contributed by atoms with Crippen molar-refractivity contribution in [2.24, 2.45) is 5.73 Å². The second-order valence-electron chi connectivity index (χ2n) is 5.39. The number of carbonyl (C=O) groups excluding carboxylic acids is 1. The van der Waals surface area contributed by atoms with Gasteiger partial charge in [0, 0.05) is 12.1 Å². The molecule has 0 aliphatic carbocycles. The lowest BCUT2D eigenvalue weighted by Gasteiger charge is -2.14. The lowest BCUT2D eigenvalue weighted by atomic mass is 10.1. The molecule has 0 aromatic heterocycles. The normalized spacial score (nSPS) is 12.3. The van der Waals surface area contributed by atoms with Crippen molar-refractivity contribution in [3.8, 4) is 5.75 Å². The summed E-state index contributed by atoms with van der Waals surface area (Å²) < 4.78 is 7.41. The molecule has 3 N–H and O–H groups in total. The predicted molar refractivity (Wildman–Crippen MR) is 92.6 cm³/mol. The van der Waals surface area contributed by atoms with Gasteiger partial charge >= 0.3 is 0 Å². The summed E-state index contributed by atoms with van der Waals surface area (Å²) in [5.74, 6) is 0.701. The number of ether oxygens (including phenoxy) is 1. The highest BCUT2D eigenvalue weighted by atomic mass is 79.9. The molecule has 0 radical (unpaired) electrons. The van der Waals surface area contributed by atoms with Crippen molar-refractivity contribution in [2.75, 3.05) is 6.61 Å². The molecule has 1 aromatic rings. The molecule has 118 valence electrons. The Morgan fingerprint density at radius 2 is 1.86 bits per heavy atom. The summed E-state index contributed by atoms with van der Waals surface area (Å²) in [6.07, 6.45) is 1.13. The number of hydrogen-bond donors (Lipinski definition) is 2. The number of benzene rings is 1. The molecule has 0 heterocycles. The van der Waals surface area contributed by atoms with Gasteiger partial charge in [-0.25, -0.2) is 0 Å². The lowest BCUT2D eigenvalue weighted by molar-refractivity contribution is -0.122. The quantitative estimate of drug-likeness (QED) is 0.709. The molecule has 0 aliphatic rings. The summed E-state index contributed by atoms with van der Waals surface area (Å²) in [5.41, 5.74) is 6.94. The van der Waals surface area contributed by atoms with Gasteiger partial charge in [0.05, 0.1) is 22.0 Å². The number of nitrogens with two attached hydrogens (primary N) is 1. The fraction of sp³-hybridized carbons (Fsp3) is 0.533. The molecule has 1 unspecified atom stereocenters. The minimum absolute atomic E-state index is 0.00850. The van der Waals surface area contributed by atoms with Gasteiger partial charge in [-0.1, -0.05) is 0 Å². The Kier molecular flexibility index (Phi) is 7.70. The van der Waals surface area contributed by atoms with E-state index in [4.69, 9.17) is 10.5 Å². The topological polar surface area (TPSA) is 64.3 Å². The molecular weight excluding hydrogens is 400 g/mol. The van der Waals surface area contributed by atoms with Crippen LogP contribution in [0.5, 0.6) is 5.75 Å². The highest BCUT2D eigenvalue weighted by Crippen LogP contribution is 2.35. The Hall–Kier alpha value is -0.590. The minimum atomic E-state index is -0.00850. The number of amides is 1. The second-order valence-corrected chi connectivity index (χ2v) is 7.10. The van der Waals surface area contributed by atoms with Crippen LogP contribution in [0.4, 0.5) is 0 Å². The molecule has 4 nitrogen and oxygen atoms in total. The van der Waals surface area contributed by atoms with E-state index in [-0.39, 0.29) is 18.0 Å². The van der Waals surface area contributed by atoms with Gasteiger partial charge in [0.15, 0.2) is 0 Å². The summed E-state index contributed by atoms with van der Waals surface area (Å²) in [7, 11) is 0. The molecule has 0 aliphatic heterocycles. The average Bonchev–Trinajstić information content (AvgIpc) is 2.30. The van der Waals surface area contributed by atoms with E-state index in [9.17, 15) is 4.79 Å². The Labute approximate surface area is 143 Å². The Balaban J connectivity index is 2.61. The molecule has 21 heavy (non-hydrogen) atoms. The van der Waals surface area contributed by atoms with Gasteiger partial charge in [-0.2, -0.15) is 0 Å². The van der Waals surface area contributed by atoms with Crippen LogP contribution in [0.3, 0.4) is 0 Å². The van der Waals surface area contributed by atoms with Crippen LogP contribution in [-0.4, -0.2) is 24.6 Å². The Morgan fingerprint density at radius 1 is 1.29 bits per heavy atom. The highest BCUT2D eigenvalue weighted by Gasteiger charge is 2.11. The average molecular weight is 422 g/mol. The first kappa shape index (κ1) is 18.5. The Morgan fingerprint density at radius 3 is 2.33 bits per heavy atom. The fourth-order valence-corrected chi connectivity index (χ4v) is 3.39. The van der Waals surface area contributed by atoms with Crippen molar-refractivity contribution in [1.29, 1.82) is 0 Å². The van der Waals surface area contributed by atoms with E-state index in [1.54, 1.807) is 0 Å². The zero-order valence-electron chi connectivity index (χ0n) is 12.6. The minimum Gasteiger partial charge on any atom is -0.491 e. The number of nitrogens with one attached hydrogen (secondary N) is 1. The summed E-state index contributed by atoms with van der Waals surface area (Å²) in [6.45, 7) is 6.17. The summed E-state index contributed by atoms with van der Waals surface area (Å²) in [5, 5.41) is 2.83. The largest absolute Gasteiger partial charge is 0.491 e. The van der Waals surface area contributed by atoms with E-state index >= 15 is 0 Å². The van der Waals surface area contributed by atoms with Crippen LogP contribution in [-0.2, 0) is 11.2 Å². The third-order valence-corrected chi connectivity index (χ3v) is 3.82. The van der Waals surface area contributed by atoms with E-state index in [0.717, 1.165) is 20.9 Å². The smallest absolute Gasteiger partial charge is 0.223 e. The number of halogens is 2. The van der Waals surface area contributed by atoms with Gasteiger partial charge in [0.1, 0.15) is 5.75 Å². The maximum atomic E-state index is 11.6. The van der Waals surface area contributed by atoms with Crippen LogP contribution in [0.15, 0.2) is 21.1 Å². The van der Waals surface area contributed by atoms with Gasteiger partial charge in [-0.15, -0.1) is 0 Å². The molecule has 1 atom stereocenters. The maximum Gasteiger partial charge on any atom is 0.223 e. The van der Waals surface area contributed by atoms with Crippen LogP contribution in [0.25, 0.3) is 0 Å². The number of hydrogen-bond acceptors (Lipinski definition) is 3. The van der Waals surface area contributed by atoms with Crippen molar-refractivity contribution in [2.45, 2.75) is 45.7 Å². The van der Waals surface area contributed by atoms with Crippen molar-refractivity contribution in [1.82, 2.24) is 5.32 Å². The zero-order chi connectivity index (χ0) is 16.0. The van der Waals surface area contributed by atoms with Crippen LogP contribution in [0, 0.1) is 0 Å². The van der Waals surface area contributed by atoms with E-state index in [1.807, 2.05) is 32.9 Å². The van der Waals surface area contributed by atoms with Crippen molar-refractivity contribution in [3.05, 3.63) is 26.6 Å². The van der Waals surface area contributed by atoms with E-state index < -0.39 is 0 Å². The summed E-state index contributed by atoms with van der Waals surface area (Å²) in [4.78, 5) is 11.6. The molecule has 1 rings (SSSR count). The first-order valence-corrected chi connectivity index (χ1v) is 8.53. The molecule has 6 heteroatoms. The fourth-order valence-electron chi connectivity index (χ4n) is 1.88. The summed E-state index contributed by atoms with van der Waals surface area (Å²) >= 11 is 7.00. The molecule has 0 saturated heterocycles. The van der Waals surface area contributed by atoms with Crippen molar-refractivity contribution in [3.63, 3.8) is 0 Å². The van der Waals surface area contributed by atoms with Crippen LogP contribution in [0.2, 0.25) is 0 Å². The Bertz CT molecular complexity index is 468. The zero-order valence-corrected chi connectivity index (χ0v) is 15.8. The second kappa shape index (κ2) is 8.76. The molecule has 1 aromatic carbocycles. The molecule has 0 saturated carbocycles. The first-order chi connectivity index (χ1) is 9.79. The summed E-state index contributed by atoms with van der Waals surface area (Å²) in [6, 6.07) is 4.25. The lowest BCUT2D eigenvalue weighted by Crippen LogP contribution is -2.31. The molecule has 0 bridgehead atoms. The third kappa shape index (κ3) is 6.80. The molecule has 0 spiro atoms. The van der Waals surface area contributed by atoms with Crippen molar-refractivity contribution >= 4 is 37.8 Å². The van der Waals surface area contributed by atoms with Crippen LogP contribution in [0.1, 0.15) is 32.8 Å². The van der Waals surface area contributed by atoms with Gasteiger partial charge in [0.25, 0.3) is 0 Å². The number of carbonyl (C=O) groups is 1. The van der Waals surface area contributed by atoms with Crippen molar-refractivity contribution < 1.29 is 9.53 Å². The number of rotatable bonds is 7. The maximum absolute atomic E-state index is 11.6. The third-order valence-electron chi connectivity index (χ3n) is 2.64. The van der Waals surface area contributed by atoms with Gasteiger partial charge in [-0.05, 0) is 76.7 Å². The van der Waals surface area contributed by atoms with Crippen LogP contribution < -0.4 is 15.8 Å². The van der Waals surface area contributed by atoms with E-state index in [2.05, 4.69) is 37.2 Å². The predicted octanol–water partition coefficient (Wildman–Crippen LogP) is 3.39. The molecule has 0 fully saturated rings. The molecular formula is C15H22Br2N2O2. The standard InChI is InChI=1S/C15H22Br2N2O2/c1-9(2)19-14(20)4-5-21-15-12(16)7-11(6-10(3)18)8-13(15)17/h7-10H,4-6,18H2,1-3H3,(H,19,20). The van der Waals surface area contributed by atoms with Crippen LogP contribution >= 0.6 is 31.9 Å². The van der Waals surface area contributed by atoms with Gasteiger partial charge < -0.3 is 15.8 Å². The van der Waals surface area contributed by atoms with E-state index in [0.29, 0.717) is 18.8 Å². The van der Waals surface area contributed by atoms with Gasteiger partial charge in [0.2, 0.25) is 5.91 Å². The monoisotopic (exact) mass is 420 g/mol. The SMILES string of the molecule is CC(N)Cc1cc(Br)c(OCCC(=O)NC(C)C)c(Br)c1.